The van der Waals surface area contributed by atoms with E-state index in [2.05, 4.69) is 66.8 Å². The van der Waals surface area contributed by atoms with Crippen LogP contribution in [0.1, 0.15) is 25.1 Å². The van der Waals surface area contributed by atoms with Gasteiger partial charge in [0.25, 0.3) is 0 Å². The Hall–Kier alpha value is -4.83. The van der Waals surface area contributed by atoms with Crippen LogP contribution in [0.5, 0.6) is 0 Å². The molecule has 2 heterocycles. The molecular formula is C34H25N3O. The van der Waals surface area contributed by atoms with E-state index in [0.717, 1.165) is 74.9 Å². The first-order valence-electron chi connectivity index (χ1n) is 13.0. The summed E-state index contributed by atoms with van der Waals surface area (Å²) in [5.41, 5.74) is 7.13. The molecule has 0 saturated heterocycles. The van der Waals surface area contributed by atoms with Gasteiger partial charge in [0.05, 0.1) is 0 Å². The van der Waals surface area contributed by atoms with E-state index in [0.29, 0.717) is 11.6 Å². The summed E-state index contributed by atoms with van der Waals surface area (Å²) in [4.78, 5) is 14.7. The topological polar surface area (TPSA) is 51.8 Å². The molecule has 0 atom stereocenters. The van der Waals surface area contributed by atoms with E-state index < -0.39 is 0 Å². The number of aromatic nitrogens is 3. The van der Waals surface area contributed by atoms with Gasteiger partial charge in [0, 0.05) is 21.9 Å². The zero-order valence-corrected chi connectivity index (χ0v) is 20.8. The quantitative estimate of drug-likeness (QED) is 0.247. The van der Waals surface area contributed by atoms with Gasteiger partial charge in [0.15, 0.2) is 17.5 Å². The third-order valence-electron chi connectivity index (χ3n) is 7.06. The second kappa shape index (κ2) is 9.56. The Morgan fingerprint density at radius 3 is 2.05 bits per heavy atom. The van der Waals surface area contributed by atoms with Gasteiger partial charge in [-0.15, -0.1) is 0 Å². The highest BCUT2D eigenvalue weighted by atomic mass is 16.3. The third kappa shape index (κ3) is 4.20. The Bertz CT molecular complexity index is 1830. The average molecular weight is 492 g/mol. The van der Waals surface area contributed by atoms with E-state index >= 15 is 0 Å². The molecule has 0 unspecified atom stereocenters. The Labute approximate surface area is 221 Å². The number of para-hydroxylation sites is 1. The Morgan fingerprint density at radius 2 is 1.21 bits per heavy atom. The summed E-state index contributed by atoms with van der Waals surface area (Å²) in [5.74, 6) is 2.13. The molecule has 1 aliphatic carbocycles. The van der Waals surface area contributed by atoms with Crippen molar-refractivity contribution in [1.29, 1.82) is 0 Å². The first-order chi connectivity index (χ1) is 18.8. The first kappa shape index (κ1) is 22.4. The van der Waals surface area contributed by atoms with Gasteiger partial charge in [-0.05, 0) is 54.2 Å². The molecule has 0 bridgehead atoms. The molecule has 0 aliphatic heterocycles. The van der Waals surface area contributed by atoms with Crippen LogP contribution in [0.2, 0.25) is 0 Å². The van der Waals surface area contributed by atoms with Crippen molar-refractivity contribution in [3.63, 3.8) is 0 Å². The normalized spacial score (nSPS) is 13.5. The molecule has 0 amide bonds. The molecule has 4 nitrogen and oxygen atoms in total. The van der Waals surface area contributed by atoms with Crippen LogP contribution in [0.15, 0.2) is 120 Å². The van der Waals surface area contributed by atoms with Crippen molar-refractivity contribution in [1.82, 2.24) is 15.0 Å². The lowest BCUT2D eigenvalue weighted by molar-refractivity contribution is 0.669. The molecule has 6 aromatic rings. The molecule has 0 N–H and O–H groups in total. The highest BCUT2D eigenvalue weighted by molar-refractivity contribution is 6.05. The van der Waals surface area contributed by atoms with Crippen molar-refractivity contribution >= 4 is 27.5 Å². The number of allylic oxidation sites excluding steroid dienone is 4. The maximum absolute atomic E-state index is 6.11. The Kier molecular flexibility index (Phi) is 5.63. The lowest BCUT2D eigenvalue weighted by atomic mass is 10.0. The standard InChI is InChI=1S/C34H25N3O/c1-2-5-11-24(10-4-1)32-35-33(25-12-6-3-7-13-25)37-34(36-32)26-18-16-23(17-19-26)27-20-21-29-28-14-8-9-15-30(28)38-31(29)22-27/h1,3-4,6-10,12-22H,2,5,11H2. The predicted molar refractivity (Wildman–Crippen MR) is 154 cm³/mol. The monoisotopic (exact) mass is 491 g/mol. The van der Waals surface area contributed by atoms with E-state index in [4.69, 9.17) is 19.4 Å². The molecule has 182 valence electrons. The summed E-state index contributed by atoms with van der Waals surface area (Å²) < 4.78 is 6.11. The van der Waals surface area contributed by atoms with Crippen molar-refractivity contribution in [2.75, 3.05) is 0 Å². The fraction of sp³-hybridized carbons (Fsp3) is 0.0882. The highest BCUT2D eigenvalue weighted by Crippen LogP contribution is 2.33. The summed E-state index contributed by atoms with van der Waals surface area (Å²) in [6, 6.07) is 33.1. The maximum Gasteiger partial charge on any atom is 0.164 e. The molecule has 0 saturated carbocycles. The molecule has 7 rings (SSSR count). The number of nitrogens with zero attached hydrogens (tertiary/aromatic N) is 3. The van der Waals surface area contributed by atoms with Crippen LogP contribution in [0.4, 0.5) is 0 Å². The number of hydrogen-bond donors (Lipinski definition) is 0. The van der Waals surface area contributed by atoms with E-state index in [1.807, 2.05) is 48.5 Å². The minimum Gasteiger partial charge on any atom is -0.456 e. The molecule has 0 spiro atoms. The lowest BCUT2D eigenvalue weighted by Crippen LogP contribution is -2.03. The molecule has 4 heteroatoms. The number of rotatable bonds is 4. The SMILES string of the molecule is C1=CCCCC(c2nc(-c3ccccc3)nc(-c3ccc(-c4ccc5c(c4)oc4ccccc45)cc3)n2)=C1. The first-order valence-corrected chi connectivity index (χ1v) is 13.0. The van der Waals surface area contributed by atoms with Gasteiger partial charge in [-0.1, -0.05) is 97.1 Å². The molecular weight excluding hydrogens is 466 g/mol. The van der Waals surface area contributed by atoms with Crippen LogP contribution in [0.3, 0.4) is 0 Å². The van der Waals surface area contributed by atoms with Crippen LogP contribution >= 0.6 is 0 Å². The molecule has 0 fully saturated rings. The van der Waals surface area contributed by atoms with Crippen molar-refractivity contribution in [2.24, 2.45) is 0 Å². The van der Waals surface area contributed by atoms with E-state index in [-0.39, 0.29) is 0 Å². The summed E-state index contributed by atoms with van der Waals surface area (Å²) in [6.45, 7) is 0. The van der Waals surface area contributed by atoms with Gasteiger partial charge < -0.3 is 4.42 Å². The van der Waals surface area contributed by atoms with Crippen LogP contribution in [0, 0.1) is 0 Å². The minimum absolute atomic E-state index is 0.683. The summed E-state index contributed by atoms with van der Waals surface area (Å²) in [7, 11) is 0. The van der Waals surface area contributed by atoms with Gasteiger partial charge in [0.1, 0.15) is 11.2 Å². The second-order valence-electron chi connectivity index (χ2n) is 9.57. The smallest absolute Gasteiger partial charge is 0.164 e. The maximum atomic E-state index is 6.11. The number of hydrogen-bond acceptors (Lipinski definition) is 4. The van der Waals surface area contributed by atoms with Crippen molar-refractivity contribution in [3.05, 3.63) is 121 Å². The van der Waals surface area contributed by atoms with Gasteiger partial charge in [0.2, 0.25) is 0 Å². The van der Waals surface area contributed by atoms with Crippen LogP contribution in [-0.4, -0.2) is 15.0 Å². The third-order valence-corrected chi connectivity index (χ3v) is 7.06. The zero-order chi connectivity index (χ0) is 25.3. The summed E-state index contributed by atoms with van der Waals surface area (Å²) >= 11 is 0. The summed E-state index contributed by atoms with van der Waals surface area (Å²) in [6.07, 6.45) is 9.57. The Balaban J connectivity index is 1.27. The van der Waals surface area contributed by atoms with Crippen LogP contribution in [-0.2, 0) is 0 Å². The minimum atomic E-state index is 0.683. The second-order valence-corrected chi connectivity index (χ2v) is 9.57. The summed E-state index contributed by atoms with van der Waals surface area (Å²) in [5, 5.41) is 2.28. The lowest BCUT2D eigenvalue weighted by Gasteiger charge is -2.10. The molecule has 0 radical (unpaired) electrons. The number of furan rings is 1. The highest BCUT2D eigenvalue weighted by Gasteiger charge is 2.14. The van der Waals surface area contributed by atoms with Crippen LogP contribution in [0.25, 0.3) is 61.4 Å². The van der Waals surface area contributed by atoms with E-state index in [9.17, 15) is 0 Å². The fourth-order valence-electron chi connectivity index (χ4n) is 5.04. The zero-order valence-electron chi connectivity index (χ0n) is 20.8. The molecule has 1 aliphatic rings. The van der Waals surface area contributed by atoms with Gasteiger partial charge >= 0.3 is 0 Å². The van der Waals surface area contributed by atoms with Crippen molar-refractivity contribution in [2.45, 2.75) is 19.3 Å². The largest absolute Gasteiger partial charge is 0.456 e. The van der Waals surface area contributed by atoms with Gasteiger partial charge in [-0.3, -0.25) is 0 Å². The van der Waals surface area contributed by atoms with E-state index in [1.165, 1.54) is 0 Å². The van der Waals surface area contributed by atoms with E-state index in [1.54, 1.807) is 0 Å². The van der Waals surface area contributed by atoms with Crippen molar-refractivity contribution < 1.29 is 4.42 Å². The molecule has 38 heavy (non-hydrogen) atoms. The molecule has 2 aromatic heterocycles. The van der Waals surface area contributed by atoms with Gasteiger partial charge in [-0.25, -0.2) is 15.0 Å². The number of benzene rings is 4. The Morgan fingerprint density at radius 1 is 0.553 bits per heavy atom. The molecule has 4 aromatic carbocycles. The van der Waals surface area contributed by atoms with Crippen LogP contribution < -0.4 is 0 Å². The average Bonchev–Trinajstić information content (AvgIpc) is 3.14. The number of fused-ring (bicyclic) bond motifs is 3. The van der Waals surface area contributed by atoms with Gasteiger partial charge in [-0.2, -0.15) is 0 Å². The fourth-order valence-corrected chi connectivity index (χ4v) is 5.04. The predicted octanol–water partition coefficient (Wildman–Crippen LogP) is 8.90. The van der Waals surface area contributed by atoms with Crippen molar-refractivity contribution in [3.8, 4) is 33.9 Å².